The molecule has 1 saturated heterocycles. The molecule has 0 bridgehead atoms. The lowest BCUT2D eigenvalue weighted by Gasteiger charge is -2.37. The van der Waals surface area contributed by atoms with Gasteiger partial charge in [0, 0.05) is 18.7 Å². The van der Waals surface area contributed by atoms with Crippen molar-refractivity contribution in [3.05, 3.63) is 35.4 Å². The zero-order chi connectivity index (χ0) is 13.1. The fourth-order valence-electron chi connectivity index (χ4n) is 3.51. The molecule has 19 heavy (non-hydrogen) atoms. The maximum Gasteiger partial charge on any atom is 0.0645 e. The van der Waals surface area contributed by atoms with Crippen LogP contribution in [0.25, 0.3) is 0 Å². The number of rotatable bonds is 3. The number of aryl methyl sites for hydroxylation is 1. The summed E-state index contributed by atoms with van der Waals surface area (Å²) in [4.78, 5) is 0. The molecular formula is C17H25NO. The summed E-state index contributed by atoms with van der Waals surface area (Å²) in [5, 5.41) is 3.78. The first kappa shape index (κ1) is 13.1. The molecule has 0 radical (unpaired) electrons. The Labute approximate surface area is 116 Å². The fourth-order valence-corrected chi connectivity index (χ4v) is 3.51. The van der Waals surface area contributed by atoms with Gasteiger partial charge in [0.25, 0.3) is 0 Å². The molecule has 2 atom stereocenters. The first-order valence-electron chi connectivity index (χ1n) is 7.67. The maximum atomic E-state index is 5.63. The van der Waals surface area contributed by atoms with E-state index in [0.717, 1.165) is 19.8 Å². The van der Waals surface area contributed by atoms with Crippen LogP contribution in [0.2, 0.25) is 0 Å². The predicted octanol–water partition coefficient (Wildman–Crippen LogP) is 3.27. The van der Waals surface area contributed by atoms with Gasteiger partial charge in [0.2, 0.25) is 0 Å². The van der Waals surface area contributed by atoms with E-state index in [1.807, 2.05) is 0 Å². The number of hydrogen-bond acceptors (Lipinski definition) is 2. The number of ether oxygens (including phenoxy) is 1. The molecule has 0 saturated carbocycles. The highest BCUT2D eigenvalue weighted by Crippen LogP contribution is 2.31. The molecule has 0 spiro atoms. The average Bonchev–Trinajstić information content (AvgIpc) is 2.46. The molecule has 1 heterocycles. The summed E-state index contributed by atoms with van der Waals surface area (Å²) in [5.74, 6) is 0.684. The van der Waals surface area contributed by atoms with E-state index in [-0.39, 0.29) is 5.54 Å². The van der Waals surface area contributed by atoms with Gasteiger partial charge in [0.15, 0.2) is 0 Å². The Kier molecular flexibility index (Phi) is 3.90. The Bertz CT molecular complexity index is 423. The highest BCUT2D eigenvalue weighted by molar-refractivity contribution is 5.32. The third-order valence-corrected chi connectivity index (χ3v) is 4.71. The van der Waals surface area contributed by atoms with Crippen LogP contribution in [0, 0.1) is 0 Å². The van der Waals surface area contributed by atoms with Crippen LogP contribution in [-0.4, -0.2) is 25.3 Å². The minimum atomic E-state index is 0.185. The number of hydrogen-bond donors (Lipinski definition) is 1. The first-order chi connectivity index (χ1) is 9.27. The Morgan fingerprint density at radius 2 is 2.21 bits per heavy atom. The van der Waals surface area contributed by atoms with Crippen molar-refractivity contribution < 1.29 is 4.74 Å². The molecule has 1 fully saturated rings. The van der Waals surface area contributed by atoms with Gasteiger partial charge in [-0.3, -0.25) is 0 Å². The standard InChI is InChI=1S/C17H25NO/c1-17(10-5-11-19-13-17)18-12-15-8-4-7-14-6-2-3-9-16(14)15/h2-3,6,9,15,18H,4-5,7-8,10-13H2,1H3. The van der Waals surface area contributed by atoms with Crippen molar-refractivity contribution in [1.82, 2.24) is 5.32 Å². The van der Waals surface area contributed by atoms with Crippen LogP contribution in [0.5, 0.6) is 0 Å². The van der Waals surface area contributed by atoms with Gasteiger partial charge in [0.1, 0.15) is 0 Å². The highest BCUT2D eigenvalue weighted by Gasteiger charge is 2.29. The van der Waals surface area contributed by atoms with Gasteiger partial charge in [-0.2, -0.15) is 0 Å². The van der Waals surface area contributed by atoms with E-state index in [9.17, 15) is 0 Å². The second-order valence-electron chi connectivity index (χ2n) is 6.39. The number of benzene rings is 1. The molecule has 2 aliphatic rings. The highest BCUT2D eigenvalue weighted by atomic mass is 16.5. The minimum Gasteiger partial charge on any atom is -0.380 e. The van der Waals surface area contributed by atoms with E-state index < -0.39 is 0 Å². The van der Waals surface area contributed by atoms with E-state index in [2.05, 4.69) is 36.5 Å². The molecule has 1 aromatic rings. The van der Waals surface area contributed by atoms with Crippen molar-refractivity contribution in [3.63, 3.8) is 0 Å². The largest absolute Gasteiger partial charge is 0.380 e. The van der Waals surface area contributed by atoms with Gasteiger partial charge in [-0.05, 0) is 56.1 Å². The quantitative estimate of drug-likeness (QED) is 0.899. The van der Waals surface area contributed by atoms with Crippen molar-refractivity contribution >= 4 is 0 Å². The van der Waals surface area contributed by atoms with E-state index in [0.29, 0.717) is 5.92 Å². The Morgan fingerprint density at radius 1 is 1.32 bits per heavy atom. The SMILES string of the molecule is CC1(NCC2CCCc3ccccc32)CCCOC1. The summed E-state index contributed by atoms with van der Waals surface area (Å²) < 4.78 is 5.63. The molecule has 1 aliphatic carbocycles. The van der Waals surface area contributed by atoms with E-state index >= 15 is 0 Å². The minimum absolute atomic E-state index is 0.185. The van der Waals surface area contributed by atoms with Crippen LogP contribution < -0.4 is 5.32 Å². The van der Waals surface area contributed by atoms with Crippen molar-refractivity contribution in [2.45, 2.75) is 50.5 Å². The summed E-state index contributed by atoms with van der Waals surface area (Å²) in [6.07, 6.45) is 6.33. The molecule has 3 rings (SSSR count). The summed E-state index contributed by atoms with van der Waals surface area (Å²) in [6.45, 7) is 5.20. The molecule has 2 unspecified atom stereocenters. The lowest BCUT2D eigenvalue weighted by atomic mass is 9.82. The zero-order valence-corrected chi connectivity index (χ0v) is 12.0. The van der Waals surface area contributed by atoms with Crippen LogP contribution in [0.3, 0.4) is 0 Å². The van der Waals surface area contributed by atoms with Crippen molar-refractivity contribution in [3.8, 4) is 0 Å². The van der Waals surface area contributed by atoms with Gasteiger partial charge >= 0.3 is 0 Å². The van der Waals surface area contributed by atoms with E-state index in [1.165, 1.54) is 32.1 Å². The van der Waals surface area contributed by atoms with Crippen molar-refractivity contribution in [1.29, 1.82) is 0 Å². The molecule has 1 aromatic carbocycles. The van der Waals surface area contributed by atoms with Gasteiger partial charge in [-0.1, -0.05) is 24.3 Å². The average molecular weight is 259 g/mol. The van der Waals surface area contributed by atoms with Gasteiger partial charge in [0.05, 0.1) is 6.61 Å². The molecule has 0 aromatic heterocycles. The van der Waals surface area contributed by atoms with Crippen LogP contribution in [-0.2, 0) is 11.2 Å². The van der Waals surface area contributed by atoms with E-state index in [1.54, 1.807) is 11.1 Å². The smallest absolute Gasteiger partial charge is 0.0645 e. The second-order valence-corrected chi connectivity index (χ2v) is 6.39. The van der Waals surface area contributed by atoms with Crippen molar-refractivity contribution in [2.75, 3.05) is 19.8 Å². The Hall–Kier alpha value is -0.860. The molecule has 2 nitrogen and oxygen atoms in total. The molecule has 0 amide bonds. The molecule has 1 N–H and O–H groups in total. The Balaban J connectivity index is 1.64. The van der Waals surface area contributed by atoms with Crippen LogP contribution in [0.4, 0.5) is 0 Å². The van der Waals surface area contributed by atoms with Gasteiger partial charge < -0.3 is 10.1 Å². The third kappa shape index (κ3) is 3.01. The summed E-state index contributed by atoms with van der Waals surface area (Å²) in [5.41, 5.74) is 3.32. The lowest BCUT2D eigenvalue weighted by molar-refractivity contribution is 0.0278. The maximum absolute atomic E-state index is 5.63. The van der Waals surface area contributed by atoms with Crippen LogP contribution in [0.1, 0.15) is 49.7 Å². The summed E-state index contributed by atoms with van der Waals surface area (Å²) in [6, 6.07) is 8.97. The fraction of sp³-hybridized carbons (Fsp3) is 0.647. The van der Waals surface area contributed by atoms with E-state index in [4.69, 9.17) is 4.74 Å². The number of nitrogens with one attached hydrogen (secondary N) is 1. The molecule has 104 valence electrons. The predicted molar refractivity (Wildman–Crippen MR) is 78.6 cm³/mol. The first-order valence-corrected chi connectivity index (χ1v) is 7.67. The summed E-state index contributed by atoms with van der Waals surface area (Å²) in [7, 11) is 0. The molecular weight excluding hydrogens is 234 g/mol. The zero-order valence-electron chi connectivity index (χ0n) is 12.0. The van der Waals surface area contributed by atoms with Gasteiger partial charge in [-0.25, -0.2) is 0 Å². The lowest BCUT2D eigenvalue weighted by Crippen LogP contribution is -2.50. The monoisotopic (exact) mass is 259 g/mol. The summed E-state index contributed by atoms with van der Waals surface area (Å²) >= 11 is 0. The van der Waals surface area contributed by atoms with Crippen molar-refractivity contribution in [2.24, 2.45) is 0 Å². The molecule has 1 aliphatic heterocycles. The van der Waals surface area contributed by atoms with Crippen LogP contribution in [0.15, 0.2) is 24.3 Å². The topological polar surface area (TPSA) is 21.3 Å². The third-order valence-electron chi connectivity index (χ3n) is 4.71. The number of fused-ring (bicyclic) bond motifs is 1. The molecule has 2 heteroatoms. The van der Waals surface area contributed by atoms with Crippen LogP contribution >= 0.6 is 0 Å². The van der Waals surface area contributed by atoms with Gasteiger partial charge in [-0.15, -0.1) is 0 Å². The normalized spacial score (nSPS) is 30.9. The second kappa shape index (κ2) is 5.64. The Morgan fingerprint density at radius 3 is 3.05 bits per heavy atom.